The molecule has 0 spiro atoms. The highest BCUT2D eigenvalue weighted by Crippen LogP contribution is 2.43. The van der Waals surface area contributed by atoms with Gasteiger partial charge in [-0.1, -0.05) is 12.8 Å². The van der Waals surface area contributed by atoms with Crippen molar-refractivity contribution in [1.82, 2.24) is 29.1 Å². The molecular formula is C45H46F3N9O8. The van der Waals surface area contributed by atoms with E-state index in [4.69, 9.17) is 14.6 Å². The van der Waals surface area contributed by atoms with E-state index < -0.39 is 45.8 Å². The number of ether oxygens (including phenoxy) is 2. The van der Waals surface area contributed by atoms with Crippen molar-refractivity contribution in [3.05, 3.63) is 110 Å². The molecule has 17 nitrogen and oxygen atoms in total. The maximum absolute atomic E-state index is 15.3. The first-order valence-electron chi connectivity index (χ1n) is 21.1. The molecule has 0 bridgehead atoms. The van der Waals surface area contributed by atoms with Gasteiger partial charge in [0.05, 0.1) is 33.9 Å². The Balaban J connectivity index is 0.000000148. The molecule has 4 aliphatic rings. The molecule has 1 saturated carbocycles. The van der Waals surface area contributed by atoms with E-state index >= 15 is 4.39 Å². The van der Waals surface area contributed by atoms with Crippen LogP contribution in [0.5, 0.6) is 11.5 Å². The van der Waals surface area contributed by atoms with E-state index in [2.05, 4.69) is 30.6 Å². The number of carbonyl (C=O) groups is 2. The van der Waals surface area contributed by atoms with Gasteiger partial charge in [-0.2, -0.15) is 4.39 Å². The number of pyridine rings is 2. The Morgan fingerprint density at radius 3 is 1.71 bits per heavy atom. The molecule has 2 aromatic carbocycles. The van der Waals surface area contributed by atoms with Crippen LogP contribution >= 0.6 is 0 Å². The van der Waals surface area contributed by atoms with Crippen molar-refractivity contribution in [3.63, 3.8) is 0 Å². The van der Waals surface area contributed by atoms with E-state index in [1.807, 2.05) is 37.8 Å². The van der Waals surface area contributed by atoms with Crippen LogP contribution in [0.2, 0.25) is 0 Å². The summed E-state index contributed by atoms with van der Waals surface area (Å²) in [7, 11) is 0. The van der Waals surface area contributed by atoms with Crippen LogP contribution in [0.4, 0.5) is 30.5 Å². The largest absolute Gasteiger partial charge is 0.487 e. The zero-order chi connectivity index (χ0) is 46.3. The molecule has 3 aliphatic heterocycles. The molecule has 7 heterocycles. The summed E-state index contributed by atoms with van der Waals surface area (Å²) in [5.41, 5.74) is 0.242. The minimum absolute atomic E-state index is 0.0121. The number of aryl methyl sites for hydroxylation is 2. The molecule has 20 heteroatoms. The molecule has 1 aliphatic carbocycles. The number of rotatable bonds is 7. The molecule has 1 saturated heterocycles. The number of aromatic carboxylic acids is 2. The van der Waals surface area contributed by atoms with Crippen LogP contribution in [0, 0.1) is 31.3 Å². The highest BCUT2D eigenvalue weighted by atomic mass is 19.2. The number of carboxylic acids is 2. The summed E-state index contributed by atoms with van der Waals surface area (Å²) in [4.78, 5) is 65.9. The summed E-state index contributed by atoms with van der Waals surface area (Å²) >= 11 is 0. The van der Waals surface area contributed by atoms with Gasteiger partial charge in [0.2, 0.25) is 16.7 Å². The topological polar surface area (TPSA) is 216 Å². The zero-order valence-electron chi connectivity index (χ0n) is 35.9. The van der Waals surface area contributed by atoms with Crippen molar-refractivity contribution in [2.45, 2.75) is 84.0 Å². The van der Waals surface area contributed by atoms with Crippen molar-refractivity contribution < 1.29 is 42.4 Å². The van der Waals surface area contributed by atoms with E-state index in [1.54, 1.807) is 17.8 Å². The standard InChI is InChI=1S/C22H22FN5O4.C13H9F2NO4.C10H15N3/c1-11-5-17(25-10-24-11)26-13-3-4-27(7-13)19-16(23)6-14-18-21(19)32-9-12(2)28(18)8-15(20(14)29)22(30)31;1-5-4-20-12-9(15)8(14)2-6-10(12)16(5)3-7(11(6)17)13(18)19;1-8-6-10(12-7-11-8)13-9-4-2-3-5-9/h5-6,8,10,12-13H,3-4,7,9H2,1-2H3,(H,30,31)(H,24,25,26);2-3,5H,4H2,1H3,(H,18,19);6-7,9H,2-5H2,1H3,(H,11,12,13)/t12-,13+;5-;/m00./s1. The Bertz CT molecular complexity index is 2980. The lowest BCUT2D eigenvalue weighted by Gasteiger charge is -2.31. The number of anilines is 3. The van der Waals surface area contributed by atoms with Gasteiger partial charge in [-0.05, 0) is 59.1 Å². The van der Waals surface area contributed by atoms with Gasteiger partial charge in [0, 0.05) is 61.1 Å². The lowest BCUT2D eigenvalue weighted by molar-refractivity contribution is 0.0683. The summed E-state index contributed by atoms with van der Waals surface area (Å²) in [6, 6.07) is 5.88. The number of hydrogen-bond donors (Lipinski definition) is 4. The zero-order valence-corrected chi connectivity index (χ0v) is 35.9. The van der Waals surface area contributed by atoms with Crippen molar-refractivity contribution in [2.24, 2.45) is 0 Å². The van der Waals surface area contributed by atoms with E-state index in [1.165, 1.54) is 42.8 Å². The van der Waals surface area contributed by atoms with E-state index in [0.717, 1.165) is 35.9 Å². The summed E-state index contributed by atoms with van der Waals surface area (Å²) in [6.45, 7) is 8.88. The normalized spacial score (nSPS) is 18.5. The van der Waals surface area contributed by atoms with Crippen LogP contribution in [-0.4, -0.2) is 89.6 Å². The number of nitrogens with zero attached hydrogens (tertiary/aromatic N) is 7. The van der Waals surface area contributed by atoms with Gasteiger partial charge in [0.15, 0.2) is 23.1 Å². The fraction of sp³-hybridized carbons (Fsp3) is 0.378. The van der Waals surface area contributed by atoms with Crippen LogP contribution < -0.4 is 35.9 Å². The minimum Gasteiger partial charge on any atom is -0.487 e. The highest BCUT2D eigenvalue weighted by molar-refractivity contribution is 5.97. The molecule has 65 heavy (non-hydrogen) atoms. The van der Waals surface area contributed by atoms with Crippen LogP contribution in [0.1, 0.15) is 90.1 Å². The van der Waals surface area contributed by atoms with Crippen molar-refractivity contribution in [2.75, 3.05) is 41.8 Å². The van der Waals surface area contributed by atoms with E-state index in [0.29, 0.717) is 42.2 Å². The number of halogens is 3. The summed E-state index contributed by atoms with van der Waals surface area (Å²) < 4.78 is 56.8. The predicted molar refractivity (Wildman–Crippen MR) is 234 cm³/mol. The SMILES string of the molecule is C[C@H]1COc2c(F)c(F)cc3c(=O)c(C(=O)O)cn1c23.Cc1cc(NC2CCCC2)ncn1.Cc1cc(N[C@@H]2CCN(c3c(F)cc4c(=O)c(C(=O)O)cn5c4c3OC[C@@H]5C)C2)ncn1. The van der Waals surface area contributed by atoms with Crippen LogP contribution in [0.15, 0.2) is 58.9 Å². The molecule has 3 atom stereocenters. The number of hydrogen-bond acceptors (Lipinski definition) is 13. The van der Waals surface area contributed by atoms with Gasteiger partial charge in [-0.3, -0.25) is 9.59 Å². The monoisotopic (exact) mass is 897 g/mol. The number of aromatic nitrogens is 6. The Labute approximate surface area is 368 Å². The maximum Gasteiger partial charge on any atom is 0.341 e. The fourth-order valence-corrected chi connectivity index (χ4v) is 8.64. The third-order valence-corrected chi connectivity index (χ3v) is 11.9. The second kappa shape index (κ2) is 18.1. The Kier molecular flexibility index (Phi) is 12.3. The molecular weight excluding hydrogens is 852 g/mol. The lowest BCUT2D eigenvalue weighted by Crippen LogP contribution is -2.30. The first-order valence-corrected chi connectivity index (χ1v) is 21.1. The molecule has 4 aromatic heterocycles. The number of benzene rings is 2. The van der Waals surface area contributed by atoms with Gasteiger partial charge in [0.25, 0.3) is 0 Å². The Hall–Kier alpha value is -7.25. The van der Waals surface area contributed by atoms with Gasteiger partial charge < -0.3 is 44.4 Å². The second-order valence-corrected chi connectivity index (χ2v) is 16.6. The van der Waals surface area contributed by atoms with E-state index in [-0.39, 0.29) is 64.7 Å². The quantitative estimate of drug-likeness (QED) is 0.132. The summed E-state index contributed by atoms with van der Waals surface area (Å²) in [5, 5.41) is 25.0. The smallest absolute Gasteiger partial charge is 0.341 e. The average molecular weight is 898 g/mol. The first-order chi connectivity index (χ1) is 31.1. The Morgan fingerprint density at radius 1 is 0.692 bits per heavy atom. The summed E-state index contributed by atoms with van der Waals surface area (Å²) in [5.74, 6) is -4.16. The third-order valence-electron chi connectivity index (χ3n) is 11.9. The fourth-order valence-electron chi connectivity index (χ4n) is 8.64. The molecule has 0 amide bonds. The minimum atomic E-state index is -1.41. The van der Waals surface area contributed by atoms with Crippen LogP contribution in [0.3, 0.4) is 0 Å². The third kappa shape index (κ3) is 8.84. The number of nitrogens with one attached hydrogen (secondary N) is 2. The molecule has 10 rings (SSSR count). The van der Waals surface area contributed by atoms with Crippen molar-refractivity contribution >= 4 is 51.1 Å². The van der Waals surface area contributed by atoms with Crippen molar-refractivity contribution in [1.29, 1.82) is 0 Å². The van der Waals surface area contributed by atoms with Crippen LogP contribution in [-0.2, 0) is 0 Å². The van der Waals surface area contributed by atoms with Gasteiger partial charge in [0.1, 0.15) is 54.3 Å². The maximum atomic E-state index is 15.3. The molecule has 340 valence electrons. The predicted octanol–water partition coefficient (Wildman–Crippen LogP) is 6.65. The molecule has 4 N–H and O–H groups in total. The number of carboxylic acid groups (broad SMARTS) is 2. The van der Waals surface area contributed by atoms with Gasteiger partial charge in [-0.25, -0.2) is 38.3 Å². The summed E-state index contributed by atoms with van der Waals surface area (Å²) in [6.07, 6.45) is 11.6. The van der Waals surface area contributed by atoms with Gasteiger partial charge in [-0.15, -0.1) is 0 Å². The average Bonchev–Trinajstić information content (AvgIpc) is 3.96. The molecule has 6 aromatic rings. The van der Waals surface area contributed by atoms with Gasteiger partial charge >= 0.3 is 11.9 Å². The second-order valence-electron chi connectivity index (χ2n) is 16.6. The van der Waals surface area contributed by atoms with Crippen molar-refractivity contribution in [3.8, 4) is 11.5 Å². The lowest BCUT2D eigenvalue weighted by atomic mass is 10.1. The molecule has 2 fully saturated rings. The van der Waals surface area contributed by atoms with E-state index in [9.17, 15) is 33.1 Å². The highest BCUT2D eigenvalue weighted by Gasteiger charge is 2.34. The molecule has 0 unspecified atom stereocenters. The first kappa shape index (κ1) is 44.4. The Morgan fingerprint density at radius 2 is 1.18 bits per heavy atom. The molecule has 0 radical (unpaired) electrons. The van der Waals surface area contributed by atoms with Crippen LogP contribution in [0.25, 0.3) is 21.8 Å².